The molecule has 0 radical (unpaired) electrons. The summed E-state index contributed by atoms with van der Waals surface area (Å²) in [5, 5.41) is 30.4. The number of aryl methyl sites for hydroxylation is 1. The lowest BCUT2D eigenvalue weighted by Gasteiger charge is -2.32. The lowest BCUT2D eigenvalue weighted by Crippen LogP contribution is -2.41. The van der Waals surface area contributed by atoms with Gasteiger partial charge in [-0.3, -0.25) is 9.80 Å². The Kier molecular flexibility index (Phi) is 9.80. The summed E-state index contributed by atoms with van der Waals surface area (Å²) in [6.07, 6.45) is -2.37. The minimum atomic E-state index is -0.806. The Morgan fingerprint density at radius 2 is 1.37 bits per heavy atom. The van der Waals surface area contributed by atoms with E-state index in [0.717, 1.165) is 16.7 Å². The lowest BCUT2D eigenvalue weighted by molar-refractivity contribution is 0.00578. The number of aromatic nitrogens is 4. The molecular weight excluding hydrogens is 707 g/mol. The molecule has 0 saturated carbocycles. The highest BCUT2D eigenvalue weighted by Gasteiger charge is 2.52. The fourth-order valence-corrected chi connectivity index (χ4v) is 6.51. The minimum absolute atomic E-state index is 0.185. The zero-order chi connectivity index (χ0) is 38.5. The SMILES string of the molecule is CC1(C)OB(c2ccc(N3C[C@H](CO)OC3=O)cc2F)OC1(C)C.Cn1nnc(N2Cc3ccc(-c4ccc(N5C[C@H](CO)OC5=O)cc4F)cc3C2)n1. The Hall–Kier alpha value is -5.17. The zero-order valence-electron chi connectivity index (χ0n) is 30.4. The van der Waals surface area contributed by atoms with Crippen LogP contribution in [-0.2, 0) is 38.9 Å². The second kappa shape index (κ2) is 14.2. The molecule has 4 aromatic rings. The van der Waals surface area contributed by atoms with Crippen molar-refractivity contribution in [2.45, 2.75) is 64.2 Å². The maximum absolute atomic E-state index is 14.9. The van der Waals surface area contributed by atoms with Crippen molar-refractivity contribution in [3.8, 4) is 11.1 Å². The number of hydrogen-bond donors (Lipinski definition) is 2. The van der Waals surface area contributed by atoms with Crippen molar-refractivity contribution < 1.29 is 47.4 Å². The molecule has 2 N–H and O–H groups in total. The van der Waals surface area contributed by atoms with Gasteiger partial charge in [0, 0.05) is 24.1 Å². The van der Waals surface area contributed by atoms with E-state index >= 15 is 0 Å². The third-order valence-electron chi connectivity index (χ3n) is 10.2. The average molecular weight is 748 g/mol. The van der Waals surface area contributed by atoms with E-state index in [1.54, 1.807) is 31.3 Å². The monoisotopic (exact) mass is 747 g/mol. The molecule has 0 aliphatic carbocycles. The maximum atomic E-state index is 14.9. The normalized spacial score (nSPS) is 21.3. The van der Waals surface area contributed by atoms with E-state index in [0.29, 0.717) is 36.0 Å². The number of nitrogens with zero attached hydrogens (tertiary/aromatic N) is 7. The lowest BCUT2D eigenvalue weighted by atomic mass is 9.78. The van der Waals surface area contributed by atoms with Gasteiger partial charge in [-0.1, -0.05) is 23.3 Å². The zero-order valence-corrected chi connectivity index (χ0v) is 30.4. The first-order chi connectivity index (χ1) is 25.7. The van der Waals surface area contributed by atoms with E-state index in [2.05, 4.69) is 15.4 Å². The summed E-state index contributed by atoms with van der Waals surface area (Å²) in [4.78, 5) is 29.8. The Morgan fingerprint density at radius 1 is 0.796 bits per heavy atom. The van der Waals surface area contributed by atoms with Crippen molar-refractivity contribution in [2.24, 2.45) is 7.05 Å². The van der Waals surface area contributed by atoms with Crippen molar-refractivity contribution in [1.29, 1.82) is 0 Å². The van der Waals surface area contributed by atoms with Gasteiger partial charge < -0.3 is 33.9 Å². The number of tetrazole rings is 1. The van der Waals surface area contributed by atoms with E-state index in [-0.39, 0.29) is 31.8 Å². The highest BCUT2D eigenvalue weighted by Crippen LogP contribution is 2.37. The van der Waals surface area contributed by atoms with Gasteiger partial charge in [-0.15, -0.1) is 5.10 Å². The molecule has 54 heavy (non-hydrogen) atoms. The number of amides is 2. The van der Waals surface area contributed by atoms with Gasteiger partial charge in [0.05, 0.1) is 55.9 Å². The van der Waals surface area contributed by atoms with Gasteiger partial charge in [-0.05, 0) is 86.0 Å². The number of cyclic esters (lactones) is 2. The fraction of sp³-hybridized carbons (Fsp3) is 0.417. The summed E-state index contributed by atoms with van der Waals surface area (Å²) >= 11 is 0. The molecule has 0 spiro atoms. The third kappa shape index (κ3) is 7.09. The number of carbonyl (C=O) groups excluding carboxylic acids is 2. The van der Waals surface area contributed by atoms with Crippen LogP contribution in [0.4, 0.5) is 35.7 Å². The van der Waals surface area contributed by atoms with E-state index in [1.165, 1.54) is 26.7 Å². The van der Waals surface area contributed by atoms with Crippen LogP contribution in [0.1, 0.15) is 38.8 Å². The minimum Gasteiger partial charge on any atom is -0.441 e. The first-order valence-corrected chi connectivity index (χ1v) is 17.4. The van der Waals surface area contributed by atoms with E-state index in [1.807, 2.05) is 50.8 Å². The Balaban J connectivity index is 0.000000171. The number of anilines is 3. The largest absolute Gasteiger partial charge is 0.497 e. The second-order valence-electron chi connectivity index (χ2n) is 14.5. The molecule has 3 saturated heterocycles. The van der Waals surface area contributed by atoms with Crippen LogP contribution in [0.5, 0.6) is 0 Å². The van der Waals surface area contributed by atoms with Crippen molar-refractivity contribution in [3.63, 3.8) is 0 Å². The van der Waals surface area contributed by atoms with Gasteiger partial charge in [0.1, 0.15) is 23.8 Å². The summed E-state index contributed by atoms with van der Waals surface area (Å²) < 4.78 is 51.2. The molecule has 0 unspecified atom stereocenters. The highest BCUT2D eigenvalue weighted by atomic mass is 19.1. The molecule has 5 heterocycles. The molecule has 284 valence electrons. The Bertz CT molecular complexity index is 2070. The number of rotatable bonds is 7. The third-order valence-corrected chi connectivity index (χ3v) is 10.2. The summed E-state index contributed by atoms with van der Waals surface area (Å²) in [7, 11) is 0.913. The fourth-order valence-electron chi connectivity index (χ4n) is 6.51. The van der Waals surface area contributed by atoms with Gasteiger partial charge in [-0.25, -0.2) is 18.4 Å². The highest BCUT2D eigenvalue weighted by molar-refractivity contribution is 6.62. The van der Waals surface area contributed by atoms with Gasteiger partial charge in [-0.2, -0.15) is 4.80 Å². The molecule has 0 bridgehead atoms. The summed E-state index contributed by atoms with van der Waals surface area (Å²) in [6, 6.07) is 14.9. The first-order valence-electron chi connectivity index (χ1n) is 17.4. The van der Waals surface area contributed by atoms with Gasteiger partial charge in [0.2, 0.25) is 0 Å². The molecule has 3 aromatic carbocycles. The van der Waals surface area contributed by atoms with Crippen LogP contribution in [0.2, 0.25) is 0 Å². The molecule has 4 aliphatic rings. The van der Waals surface area contributed by atoms with Crippen LogP contribution < -0.4 is 20.2 Å². The van der Waals surface area contributed by atoms with E-state index < -0.39 is 54.3 Å². The summed E-state index contributed by atoms with van der Waals surface area (Å²) in [6.45, 7) is 8.73. The van der Waals surface area contributed by atoms with Crippen LogP contribution in [0.15, 0.2) is 54.6 Å². The number of ether oxygens (including phenoxy) is 2. The summed E-state index contributed by atoms with van der Waals surface area (Å²) in [5.41, 5.74) is 3.35. The number of aliphatic hydroxyl groups excluding tert-OH is 2. The molecule has 4 aliphatic heterocycles. The van der Waals surface area contributed by atoms with E-state index in [4.69, 9.17) is 23.9 Å². The van der Waals surface area contributed by atoms with Crippen LogP contribution in [0, 0.1) is 11.6 Å². The van der Waals surface area contributed by atoms with Crippen LogP contribution in [0.3, 0.4) is 0 Å². The van der Waals surface area contributed by atoms with Crippen LogP contribution >= 0.6 is 0 Å². The van der Waals surface area contributed by atoms with Crippen LogP contribution in [0.25, 0.3) is 11.1 Å². The molecule has 15 nitrogen and oxygen atoms in total. The molecule has 8 rings (SSSR count). The first kappa shape index (κ1) is 37.2. The number of benzene rings is 3. The number of fused-ring (bicyclic) bond motifs is 1. The number of carbonyl (C=O) groups is 2. The molecule has 1 aromatic heterocycles. The quantitative estimate of drug-likeness (QED) is 0.266. The topological polar surface area (TPSA) is 165 Å². The van der Waals surface area contributed by atoms with Crippen LogP contribution in [-0.4, -0.2) is 99.4 Å². The van der Waals surface area contributed by atoms with Crippen molar-refractivity contribution >= 4 is 42.1 Å². The van der Waals surface area contributed by atoms with E-state index in [9.17, 15) is 23.5 Å². The van der Waals surface area contributed by atoms with Gasteiger partial charge >= 0.3 is 19.3 Å². The molecule has 2 atom stereocenters. The number of aliphatic hydroxyl groups is 2. The second-order valence-corrected chi connectivity index (χ2v) is 14.5. The van der Waals surface area contributed by atoms with Crippen molar-refractivity contribution in [1.82, 2.24) is 20.2 Å². The predicted octanol–water partition coefficient (Wildman–Crippen LogP) is 3.30. The number of halogens is 2. The number of hydrogen-bond acceptors (Lipinski definition) is 12. The average Bonchev–Trinajstić information content (AvgIpc) is 3.95. The molecular formula is C36H40BF2N7O8. The smallest absolute Gasteiger partial charge is 0.441 e. The maximum Gasteiger partial charge on any atom is 0.497 e. The molecule has 3 fully saturated rings. The Labute approximate surface area is 310 Å². The van der Waals surface area contributed by atoms with Gasteiger partial charge in [0.15, 0.2) is 0 Å². The molecule has 18 heteroatoms. The summed E-state index contributed by atoms with van der Waals surface area (Å²) in [5.74, 6) is -0.395. The molecule has 2 amide bonds. The van der Waals surface area contributed by atoms with Crippen molar-refractivity contribution in [3.05, 3.63) is 77.4 Å². The standard InChI is InChI=1S/C20H19FN6O3.C16H21BFNO5/c1-25-23-19(22-24-25)26-8-13-3-2-12(6-14(13)9-26)17-5-4-15(7-18(17)21)27-10-16(11-28)30-20(27)29;1-15(2)16(3,4)24-17(23-15)12-6-5-10(7-13(12)18)19-8-11(9-20)22-14(19)21/h2-7,16,28H,8-11H2,1H3;5-7,11,20H,8-9H2,1-4H3/t16-;11-/m11/s1. The Morgan fingerprint density at radius 3 is 1.89 bits per heavy atom. The van der Waals surface area contributed by atoms with Crippen molar-refractivity contribution in [2.75, 3.05) is 41.0 Å². The predicted molar refractivity (Wildman–Crippen MR) is 192 cm³/mol. The van der Waals surface area contributed by atoms with Gasteiger partial charge in [0.25, 0.3) is 5.95 Å².